The molecule has 2 rings (SSSR count). The van der Waals surface area contributed by atoms with E-state index in [1.165, 1.54) is 18.4 Å². The van der Waals surface area contributed by atoms with Gasteiger partial charge in [-0.2, -0.15) is 0 Å². The van der Waals surface area contributed by atoms with Crippen molar-refractivity contribution >= 4 is 5.91 Å². The molecule has 3 N–H and O–H groups in total. The zero-order valence-corrected chi connectivity index (χ0v) is 10.2. The van der Waals surface area contributed by atoms with Gasteiger partial charge in [-0.25, -0.2) is 0 Å². The zero-order chi connectivity index (χ0) is 12.3. The van der Waals surface area contributed by atoms with E-state index in [4.69, 9.17) is 5.73 Å². The third kappa shape index (κ3) is 3.56. The molecule has 1 saturated carbocycles. The second kappa shape index (κ2) is 5.32. The van der Waals surface area contributed by atoms with Crippen molar-refractivity contribution in [3.8, 4) is 0 Å². The highest BCUT2D eigenvalue weighted by Gasteiger charge is 2.32. The Balaban J connectivity index is 1.96. The number of nitrogens with two attached hydrogens (primary N) is 1. The number of carbonyl (C=O) groups is 1. The Bertz CT molecular complexity index is 371. The van der Waals surface area contributed by atoms with Crippen molar-refractivity contribution in [2.45, 2.75) is 38.3 Å². The van der Waals surface area contributed by atoms with E-state index < -0.39 is 6.04 Å². The molecule has 1 amide bonds. The molecule has 0 spiro atoms. The monoisotopic (exact) mass is 232 g/mol. The van der Waals surface area contributed by atoms with E-state index in [0.717, 1.165) is 6.42 Å². The van der Waals surface area contributed by atoms with E-state index in [1.807, 2.05) is 18.2 Å². The smallest absolute Gasteiger partial charge is 0.236 e. The highest BCUT2D eigenvalue weighted by Crippen LogP contribution is 2.34. The number of amides is 1. The van der Waals surface area contributed by atoms with E-state index in [1.54, 1.807) is 6.92 Å². The number of rotatable bonds is 5. The molecule has 0 heterocycles. The summed E-state index contributed by atoms with van der Waals surface area (Å²) >= 11 is 0. The van der Waals surface area contributed by atoms with Gasteiger partial charge in [0.25, 0.3) is 0 Å². The fraction of sp³-hybridized carbons (Fsp3) is 0.500. The maximum atomic E-state index is 11.6. The number of carbonyl (C=O) groups excluding carboxylic acids is 1. The molecule has 17 heavy (non-hydrogen) atoms. The fourth-order valence-electron chi connectivity index (χ4n) is 2.02. The SMILES string of the molecule is C[C@H](N)C(=O)NC(Cc1ccccc1)C1CC1. The quantitative estimate of drug-likeness (QED) is 0.807. The van der Waals surface area contributed by atoms with Crippen molar-refractivity contribution in [3.63, 3.8) is 0 Å². The number of benzene rings is 1. The summed E-state index contributed by atoms with van der Waals surface area (Å²) in [6.45, 7) is 1.72. The maximum absolute atomic E-state index is 11.6. The number of hydrogen-bond acceptors (Lipinski definition) is 2. The van der Waals surface area contributed by atoms with Gasteiger partial charge in [0, 0.05) is 6.04 Å². The zero-order valence-electron chi connectivity index (χ0n) is 10.2. The van der Waals surface area contributed by atoms with Gasteiger partial charge in [-0.3, -0.25) is 4.79 Å². The summed E-state index contributed by atoms with van der Waals surface area (Å²) in [6.07, 6.45) is 3.34. The molecule has 1 aliphatic carbocycles. The molecule has 1 aromatic carbocycles. The molecule has 0 bridgehead atoms. The largest absolute Gasteiger partial charge is 0.351 e. The molecule has 3 heteroatoms. The Kier molecular flexibility index (Phi) is 3.79. The summed E-state index contributed by atoms with van der Waals surface area (Å²) in [6, 6.07) is 10.1. The van der Waals surface area contributed by atoms with Crippen molar-refractivity contribution in [3.05, 3.63) is 35.9 Å². The van der Waals surface area contributed by atoms with Gasteiger partial charge < -0.3 is 11.1 Å². The summed E-state index contributed by atoms with van der Waals surface area (Å²) in [5.74, 6) is 0.593. The van der Waals surface area contributed by atoms with Crippen LogP contribution in [0.2, 0.25) is 0 Å². The van der Waals surface area contributed by atoms with Crippen molar-refractivity contribution in [2.75, 3.05) is 0 Å². The minimum atomic E-state index is -0.424. The van der Waals surface area contributed by atoms with Gasteiger partial charge in [0.1, 0.15) is 0 Å². The Labute approximate surface area is 102 Å². The standard InChI is InChI=1S/C14H20N2O/c1-10(15)14(17)16-13(12-7-8-12)9-11-5-3-2-4-6-11/h2-6,10,12-13H,7-9,15H2,1H3,(H,16,17)/t10-,13?/m0/s1. The average Bonchev–Trinajstić information content (AvgIpc) is 3.13. The summed E-state index contributed by atoms with van der Waals surface area (Å²) in [7, 11) is 0. The van der Waals surface area contributed by atoms with Crippen LogP contribution in [0.1, 0.15) is 25.3 Å². The lowest BCUT2D eigenvalue weighted by atomic mass is 10.0. The van der Waals surface area contributed by atoms with Gasteiger partial charge in [-0.1, -0.05) is 30.3 Å². The first-order valence-electron chi connectivity index (χ1n) is 6.26. The van der Waals surface area contributed by atoms with E-state index >= 15 is 0 Å². The van der Waals surface area contributed by atoms with Crippen molar-refractivity contribution < 1.29 is 4.79 Å². The Morgan fingerprint density at radius 1 is 1.41 bits per heavy atom. The first kappa shape index (κ1) is 12.1. The summed E-state index contributed by atoms with van der Waals surface area (Å²) < 4.78 is 0. The van der Waals surface area contributed by atoms with Crippen LogP contribution in [0.25, 0.3) is 0 Å². The van der Waals surface area contributed by atoms with Crippen LogP contribution in [-0.2, 0) is 11.2 Å². The van der Waals surface area contributed by atoms with E-state index in [9.17, 15) is 4.79 Å². The lowest BCUT2D eigenvalue weighted by Gasteiger charge is -2.19. The Hall–Kier alpha value is -1.35. The molecule has 0 aliphatic heterocycles. The number of hydrogen-bond donors (Lipinski definition) is 2. The van der Waals surface area contributed by atoms with Crippen LogP contribution < -0.4 is 11.1 Å². The van der Waals surface area contributed by atoms with Gasteiger partial charge in [-0.05, 0) is 37.7 Å². The molecule has 1 fully saturated rings. The second-order valence-corrected chi connectivity index (χ2v) is 4.93. The molecular weight excluding hydrogens is 212 g/mol. The van der Waals surface area contributed by atoms with E-state index in [0.29, 0.717) is 5.92 Å². The summed E-state index contributed by atoms with van der Waals surface area (Å²) in [5.41, 5.74) is 6.86. The molecule has 1 aliphatic rings. The molecule has 0 saturated heterocycles. The molecule has 1 unspecified atom stereocenters. The van der Waals surface area contributed by atoms with Crippen LogP contribution in [-0.4, -0.2) is 18.0 Å². The molecule has 2 atom stereocenters. The van der Waals surface area contributed by atoms with Gasteiger partial charge in [-0.15, -0.1) is 0 Å². The second-order valence-electron chi connectivity index (χ2n) is 4.93. The van der Waals surface area contributed by atoms with Gasteiger partial charge in [0.05, 0.1) is 6.04 Å². The molecule has 0 radical (unpaired) electrons. The fourth-order valence-corrected chi connectivity index (χ4v) is 2.02. The van der Waals surface area contributed by atoms with Crippen molar-refractivity contribution in [2.24, 2.45) is 11.7 Å². The maximum Gasteiger partial charge on any atom is 0.236 e. The average molecular weight is 232 g/mol. The lowest BCUT2D eigenvalue weighted by Crippen LogP contribution is -2.45. The molecule has 1 aromatic rings. The minimum Gasteiger partial charge on any atom is -0.351 e. The highest BCUT2D eigenvalue weighted by molar-refractivity contribution is 5.81. The minimum absolute atomic E-state index is 0.0437. The van der Waals surface area contributed by atoms with Crippen molar-refractivity contribution in [1.29, 1.82) is 0 Å². The van der Waals surface area contributed by atoms with Crippen LogP contribution >= 0.6 is 0 Å². The third-order valence-corrected chi connectivity index (χ3v) is 3.23. The molecule has 0 aromatic heterocycles. The van der Waals surface area contributed by atoms with Gasteiger partial charge in [0.2, 0.25) is 5.91 Å². The first-order chi connectivity index (χ1) is 8.16. The summed E-state index contributed by atoms with van der Waals surface area (Å²) in [5, 5.41) is 3.06. The highest BCUT2D eigenvalue weighted by atomic mass is 16.2. The first-order valence-corrected chi connectivity index (χ1v) is 6.26. The number of nitrogens with one attached hydrogen (secondary N) is 1. The van der Waals surface area contributed by atoms with Crippen LogP contribution in [0.15, 0.2) is 30.3 Å². The predicted octanol–water partition coefficient (Wildman–Crippen LogP) is 1.47. The van der Waals surface area contributed by atoms with Crippen molar-refractivity contribution in [1.82, 2.24) is 5.32 Å². The van der Waals surface area contributed by atoms with Crippen LogP contribution in [0.3, 0.4) is 0 Å². The van der Waals surface area contributed by atoms with Gasteiger partial charge in [0.15, 0.2) is 0 Å². The summed E-state index contributed by atoms with van der Waals surface area (Å²) in [4.78, 5) is 11.6. The topological polar surface area (TPSA) is 55.1 Å². The van der Waals surface area contributed by atoms with Crippen LogP contribution in [0.5, 0.6) is 0 Å². The Morgan fingerprint density at radius 2 is 2.06 bits per heavy atom. The molecular formula is C14H20N2O. The lowest BCUT2D eigenvalue weighted by molar-refractivity contribution is -0.122. The Morgan fingerprint density at radius 3 is 2.59 bits per heavy atom. The van der Waals surface area contributed by atoms with Crippen LogP contribution in [0.4, 0.5) is 0 Å². The van der Waals surface area contributed by atoms with E-state index in [2.05, 4.69) is 17.4 Å². The molecule has 3 nitrogen and oxygen atoms in total. The third-order valence-electron chi connectivity index (χ3n) is 3.23. The normalized spacial score (nSPS) is 18.5. The van der Waals surface area contributed by atoms with Crippen LogP contribution in [0, 0.1) is 5.92 Å². The molecule has 92 valence electrons. The van der Waals surface area contributed by atoms with Gasteiger partial charge >= 0.3 is 0 Å². The predicted molar refractivity (Wildman–Crippen MR) is 68.5 cm³/mol. The van der Waals surface area contributed by atoms with E-state index in [-0.39, 0.29) is 11.9 Å².